The van der Waals surface area contributed by atoms with Crippen molar-refractivity contribution in [3.63, 3.8) is 0 Å². The lowest BCUT2D eigenvalue weighted by Gasteiger charge is -2.15. The van der Waals surface area contributed by atoms with Gasteiger partial charge in [-0.25, -0.2) is 4.79 Å². The summed E-state index contributed by atoms with van der Waals surface area (Å²) in [5, 5.41) is 0. The maximum atomic E-state index is 12.3. The molecule has 138 valence electrons. The molecule has 0 radical (unpaired) electrons. The van der Waals surface area contributed by atoms with Crippen molar-refractivity contribution in [1.29, 1.82) is 0 Å². The van der Waals surface area contributed by atoms with E-state index in [0.29, 0.717) is 35.8 Å². The van der Waals surface area contributed by atoms with E-state index in [9.17, 15) is 9.59 Å². The lowest BCUT2D eigenvalue weighted by molar-refractivity contribution is 0.0474. The molecule has 0 spiro atoms. The second-order valence-corrected chi connectivity index (χ2v) is 6.59. The van der Waals surface area contributed by atoms with Crippen LogP contribution in [-0.4, -0.2) is 31.6 Å². The van der Waals surface area contributed by atoms with Crippen LogP contribution in [0.4, 0.5) is 0 Å². The summed E-state index contributed by atoms with van der Waals surface area (Å²) in [5.74, 6) is 0.289. The Labute approximate surface area is 166 Å². The van der Waals surface area contributed by atoms with E-state index in [4.69, 9.17) is 14.2 Å². The van der Waals surface area contributed by atoms with Crippen LogP contribution in [0, 0.1) is 3.57 Å². The molecule has 0 saturated heterocycles. The third kappa shape index (κ3) is 5.45. The SMILES string of the molecule is CCCOc1c(I)cc(C(=O)OCC(=O)c2ccccc2)cc1OCC. The van der Waals surface area contributed by atoms with E-state index in [1.807, 2.05) is 19.9 Å². The summed E-state index contributed by atoms with van der Waals surface area (Å²) in [6, 6.07) is 12.0. The Hall–Kier alpha value is -2.09. The van der Waals surface area contributed by atoms with Crippen LogP contribution in [0.2, 0.25) is 0 Å². The Kier molecular flexibility index (Phi) is 7.90. The third-order valence-electron chi connectivity index (χ3n) is 3.43. The van der Waals surface area contributed by atoms with Crippen molar-refractivity contribution in [2.24, 2.45) is 0 Å². The number of rotatable bonds is 9. The minimum atomic E-state index is -0.574. The number of hydrogen-bond acceptors (Lipinski definition) is 5. The molecule has 0 aliphatic heterocycles. The van der Waals surface area contributed by atoms with Gasteiger partial charge in [-0.1, -0.05) is 37.3 Å². The molecule has 26 heavy (non-hydrogen) atoms. The monoisotopic (exact) mass is 468 g/mol. The Balaban J connectivity index is 2.11. The van der Waals surface area contributed by atoms with E-state index in [1.165, 1.54) is 0 Å². The Bertz CT molecular complexity index is 758. The maximum absolute atomic E-state index is 12.3. The smallest absolute Gasteiger partial charge is 0.338 e. The van der Waals surface area contributed by atoms with Gasteiger partial charge in [0.25, 0.3) is 0 Å². The lowest BCUT2D eigenvalue weighted by Crippen LogP contribution is -2.15. The van der Waals surface area contributed by atoms with Crippen molar-refractivity contribution >= 4 is 34.3 Å². The van der Waals surface area contributed by atoms with Gasteiger partial charge in [0.2, 0.25) is 0 Å². The van der Waals surface area contributed by atoms with Crippen molar-refractivity contribution in [2.45, 2.75) is 20.3 Å². The first-order valence-corrected chi connectivity index (χ1v) is 9.49. The molecule has 0 aliphatic carbocycles. The van der Waals surface area contributed by atoms with Crippen LogP contribution in [0.15, 0.2) is 42.5 Å². The number of carbonyl (C=O) groups is 2. The fourth-order valence-electron chi connectivity index (χ4n) is 2.21. The lowest BCUT2D eigenvalue weighted by atomic mass is 10.1. The first kappa shape index (κ1) is 20.2. The predicted octanol–water partition coefficient (Wildman–Crippen LogP) is 4.52. The first-order valence-electron chi connectivity index (χ1n) is 8.41. The summed E-state index contributed by atoms with van der Waals surface area (Å²) in [6.07, 6.45) is 0.868. The zero-order chi connectivity index (χ0) is 18.9. The molecule has 0 heterocycles. The van der Waals surface area contributed by atoms with Gasteiger partial charge < -0.3 is 14.2 Å². The molecule has 2 aromatic carbocycles. The van der Waals surface area contributed by atoms with Crippen LogP contribution in [0.5, 0.6) is 11.5 Å². The number of Topliss-reactive ketones (excluding diaryl/α,β-unsaturated/α-hetero) is 1. The normalized spacial score (nSPS) is 10.3. The third-order valence-corrected chi connectivity index (χ3v) is 4.23. The molecule has 0 N–H and O–H groups in total. The standard InChI is InChI=1S/C20H21IO5/c1-3-10-25-19-16(21)11-15(12-18(19)24-4-2)20(23)26-13-17(22)14-8-6-5-7-9-14/h5-9,11-12H,3-4,10,13H2,1-2H3. The molecule has 0 aromatic heterocycles. The van der Waals surface area contributed by atoms with Crippen LogP contribution in [0.25, 0.3) is 0 Å². The molecule has 5 nitrogen and oxygen atoms in total. The largest absolute Gasteiger partial charge is 0.490 e. The predicted molar refractivity (Wildman–Crippen MR) is 107 cm³/mol. The van der Waals surface area contributed by atoms with E-state index in [-0.39, 0.29) is 12.4 Å². The van der Waals surface area contributed by atoms with Gasteiger partial charge in [0.1, 0.15) is 0 Å². The number of ketones is 1. The van der Waals surface area contributed by atoms with Crippen molar-refractivity contribution in [2.75, 3.05) is 19.8 Å². The maximum Gasteiger partial charge on any atom is 0.338 e. The highest BCUT2D eigenvalue weighted by Crippen LogP contribution is 2.34. The summed E-state index contributed by atoms with van der Waals surface area (Å²) in [4.78, 5) is 24.4. The van der Waals surface area contributed by atoms with Gasteiger partial charge >= 0.3 is 5.97 Å². The number of esters is 1. The fourth-order valence-corrected chi connectivity index (χ4v) is 2.97. The molecule has 2 rings (SSSR count). The molecule has 0 saturated carbocycles. The van der Waals surface area contributed by atoms with Crippen LogP contribution in [0.1, 0.15) is 41.0 Å². The summed E-state index contributed by atoms with van der Waals surface area (Å²) in [5.41, 5.74) is 0.829. The minimum Gasteiger partial charge on any atom is -0.490 e. The number of hydrogen-bond donors (Lipinski definition) is 0. The average Bonchev–Trinajstić information content (AvgIpc) is 2.66. The van der Waals surface area contributed by atoms with E-state index in [1.54, 1.807) is 36.4 Å². The molecule has 0 atom stereocenters. The van der Waals surface area contributed by atoms with Gasteiger partial charge in [-0.05, 0) is 48.1 Å². The quantitative estimate of drug-likeness (QED) is 0.308. The zero-order valence-electron chi connectivity index (χ0n) is 14.8. The van der Waals surface area contributed by atoms with Crippen molar-refractivity contribution < 1.29 is 23.8 Å². The Morgan fingerprint density at radius 2 is 1.73 bits per heavy atom. The highest BCUT2D eigenvalue weighted by molar-refractivity contribution is 14.1. The summed E-state index contributed by atoms with van der Waals surface area (Å²) >= 11 is 2.10. The highest BCUT2D eigenvalue weighted by Gasteiger charge is 2.18. The fraction of sp³-hybridized carbons (Fsp3) is 0.300. The molecular weight excluding hydrogens is 447 g/mol. The number of ether oxygens (including phenoxy) is 3. The van der Waals surface area contributed by atoms with Crippen molar-refractivity contribution in [3.05, 3.63) is 57.2 Å². The summed E-state index contributed by atoms with van der Waals surface area (Å²) < 4.78 is 17.2. The van der Waals surface area contributed by atoms with E-state index >= 15 is 0 Å². The second kappa shape index (κ2) is 10.2. The van der Waals surface area contributed by atoms with Gasteiger partial charge in [0.05, 0.1) is 22.3 Å². The molecule has 6 heteroatoms. The number of benzene rings is 2. The molecule has 0 unspecified atom stereocenters. The summed E-state index contributed by atoms with van der Waals surface area (Å²) in [6.45, 7) is 4.58. The van der Waals surface area contributed by atoms with Crippen LogP contribution >= 0.6 is 22.6 Å². The topological polar surface area (TPSA) is 61.8 Å². The molecular formula is C20H21IO5. The van der Waals surface area contributed by atoms with Gasteiger partial charge in [0, 0.05) is 5.56 Å². The van der Waals surface area contributed by atoms with Crippen LogP contribution in [0.3, 0.4) is 0 Å². The second-order valence-electron chi connectivity index (χ2n) is 5.43. The Morgan fingerprint density at radius 1 is 1.00 bits per heavy atom. The van der Waals surface area contributed by atoms with E-state index in [2.05, 4.69) is 22.6 Å². The molecule has 0 amide bonds. The van der Waals surface area contributed by atoms with Gasteiger partial charge in [-0.2, -0.15) is 0 Å². The van der Waals surface area contributed by atoms with Gasteiger partial charge in [0.15, 0.2) is 23.9 Å². The molecule has 2 aromatic rings. The molecule has 0 fully saturated rings. The first-order chi connectivity index (χ1) is 12.6. The minimum absolute atomic E-state index is 0.249. The molecule has 0 bridgehead atoms. The molecule has 0 aliphatic rings. The Morgan fingerprint density at radius 3 is 2.38 bits per heavy atom. The van der Waals surface area contributed by atoms with Crippen molar-refractivity contribution in [1.82, 2.24) is 0 Å². The zero-order valence-corrected chi connectivity index (χ0v) is 16.9. The number of carbonyl (C=O) groups excluding carboxylic acids is 2. The van der Waals surface area contributed by atoms with Crippen LogP contribution < -0.4 is 9.47 Å². The highest BCUT2D eigenvalue weighted by atomic mass is 127. The number of halogens is 1. The average molecular weight is 468 g/mol. The van der Waals surface area contributed by atoms with Crippen LogP contribution in [-0.2, 0) is 4.74 Å². The van der Waals surface area contributed by atoms with E-state index < -0.39 is 5.97 Å². The van der Waals surface area contributed by atoms with E-state index in [0.717, 1.165) is 9.99 Å². The van der Waals surface area contributed by atoms with Gasteiger partial charge in [-0.15, -0.1) is 0 Å². The van der Waals surface area contributed by atoms with Crippen molar-refractivity contribution in [3.8, 4) is 11.5 Å². The van der Waals surface area contributed by atoms with Gasteiger partial charge in [-0.3, -0.25) is 4.79 Å². The summed E-state index contributed by atoms with van der Waals surface area (Å²) in [7, 11) is 0.